The number of aromatic nitrogens is 4. The first kappa shape index (κ1) is 13.5. The number of carbonyl (C=O) groups excluding carboxylic acids is 1. The number of piperidine rings is 1. The lowest BCUT2D eigenvalue weighted by Crippen LogP contribution is -2.40. The van der Waals surface area contributed by atoms with Crippen LogP contribution in [0.3, 0.4) is 0 Å². The molecule has 0 radical (unpaired) electrons. The van der Waals surface area contributed by atoms with Crippen LogP contribution < -0.4 is 5.32 Å². The van der Waals surface area contributed by atoms with Gasteiger partial charge in [-0.3, -0.25) is 5.32 Å². The third-order valence-electron chi connectivity index (χ3n) is 3.78. The maximum atomic E-state index is 12.1. The number of nitrogens with one attached hydrogen (secondary N) is 1. The van der Waals surface area contributed by atoms with Crippen LogP contribution in [0.2, 0.25) is 0 Å². The second-order valence-electron chi connectivity index (χ2n) is 5.20. The number of hydrogen-bond donors (Lipinski definition) is 1. The lowest BCUT2D eigenvalue weighted by atomic mass is 9.90. The van der Waals surface area contributed by atoms with Crippen molar-refractivity contribution in [2.75, 3.05) is 18.4 Å². The van der Waals surface area contributed by atoms with Gasteiger partial charge in [0.2, 0.25) is 0 Å². The summed E-state index contributed by atoms with van der Waals surface area (Å²) in [6.45, 7) is 1.48. The van der Waals surface area contributed by atoms with Gasteiger partial charge in [0.05, 0.1) is 7.05 Å². The first-order chi connectivity index (χ1) is 10.2. The predicted octanol–water partition coefficient (Wildman–Crippen LogP) is 1.62. The maximum Gasteiger partial charge on any atom is 0.324 e. The normalized spacial score (nSPS) is 16.0. The fraction of sp³-hybridized carbons (Fsp3) is 0.429. The van der Waals surface area contributed by atoms with Gasteiger partial charge in [0.25, 0.3) is 5.95 Å². The van der Waals surface area contributed by atoms with Crippen LogP contribution in [0.5, 0.6) is 0 Å². The van der Waals surface area contributed by atoms with E-state index in [2.05, 4.69) is 45.0 Å². The summed E-state index contributed by atoms with van der Waals surface area (Å²) < 4.78 is 0. The Bertz CT molecular complexity index is 603. The van der Waals surface area contributed by atoms with Gasteiger partial charge in [0.15, 0.2) is 0 Å². The number of aryl methyl sites for hydroxylation is 1. The van der Waals surface area contributed by atoms with E-state index in [0.717, 1.165) is 25.9 Å². The van der Waals surface area contributed by atoms with E-state index in [1.807, 2.05) is 6.07 Å². The van der Waals surface area contributed by atoms with E-state index in [-0.39, 0.29) is 12.0 Å². The summed E-state index contributed by atoms with van der Waals surface area (Å²) in [6, 6.07) is 10.3. The number of hydrogen-bond acceptors (Lipinski definition) is 4. The van der Waals surface area contributed by atoms with Crippen molar-refractivity contribution in [1.82, 2.24) is 25.1 Å². The van der Waals surface area contributed by atoms with Gasteiger partial charge in [0.1, 0.15) is 0 Å². The number of nitrogens with zero attached hydrogens (tertiary/aromatic N) is 5. The minimum atomic E-state index is -0.158. The second kappa shape index (κ2) is 5.90. The van der Waals surface area contributed by atoms with E-state index in [4.69, 9.17) is 0 Å². The van der Waals surface area contributed by atoms with E-state index in [9.17, 15) is 4.79 Å². The van der Waals surface area contributed by atoms with Crippen LogP contribution in [0.1, 0.15) is 24.3 Å². The van der Waals surface area contributed by atoms with Gasteiger partial charge in [-0.2, -0.15) is 4.80 Å². The van der Waals surface area contributed by atoms with Gasteiger partial charge < -0.3 is 4.90 Å². The van der Waals surface area contributed by atoms with Crippen molar-refractivity contribution in [1.29, 1.82) is 0 Å². The minimum Gasteiger partial charge on any atom is -0.324 e. The smallest absolute Gasteiger partial charge is 0.324 e. The number of rotatable bonds is 2. The van der Waals surface area contributed by atoms with E-state index in [1.54, 1.807) is 11.9 Å². The summed E-state index contributed by atoms with van der Waals surface area (Å²) in [5, 5.41) is 14.1. The van der Waals surface area contributed by atoms with Crippen LogP contribution in [0.4, 0.5) is 10.7 Å². The standard InChI is InChI=1S/C14H18N6O/c1-19-17-13(16-18-19)15-14(21)20-9-7-12(8-10-20)11-5-3-2-4-6-11/h2-6,12H,7-10H2,1H3,(H,15,17,21). The quantitative estimate of drug-likeness (QED) is 0.910. The highest BCUT2D eigenvalue weighted by atomic mass is 16.2. The maximum absolute atomic E-state index is 12.1. The Morgan fingerprint density at radius 1 is 1.24 bits per heavy atom. The Morgan fingerprint density at radius 2 is 1.95 bits per heavy atom. The number of amides is 2. The molecule has 0 aliphatic carbocycles. The average molecular weight is 286 g/mol. The molecule has 1 fully saturated rings. The number of carbonyl (C=O) groups is 1. The Morgan fingerprint density at radius 3 is 2.57 bits per heavy atom. The molecule has 0 atom stereocenters. The Hall–Kier alpha value is -2.44. The topological polar surface area (TPSA) is 75.9 Å². The molecule has 1 aromatic carbocycles. The van der Waals surface area contributed by atoms with Crippen molar-refractivity contribution < 1.29 is 4.79 Å². The van der Waals surface area contributed by atoms with Crippen molar-refractivity contribution in [3.05, 3.63) is 35.9 Å². The molecule has 2 aromatic rings. The van der Waals surface area contributed by atoms with Gasteiger partial charge in [-0.15, -0.1) is 5.10 Å². The summed E-state index contributed by atoms with van der Waals surface area (Å²) in [7, 11) is 1.66. The highest BCUT2D eigenvalue weighted by Crippen LogP contribution is 2.27. The molecule has 7 heteroatoms. The van der Waals surface area contributed by atoms with Gasteiger partial charge >= 0.3 is 6.03 Å². The molecule has 1 N–H and O–H groups in total. The molecule has 1 saturated heterocycles. The third-order valence-corrected chi connectivity index (χ3v) is 3.78. The largest absolute Gasteiger partial charge is 0.324 e. The molecule has 0 unspecified atom stereocenters. The van der Waals surface area contributed by atoms with Crippen molar-refractivity contribution in [2.24, 2.45) is 7.05 Å². The van der Waals surface area contributed by atoms with E-state index in [0.29, 0.717) is 5.92 Å². The lowest BCUT2D eigenvalue weighted by Gasteiger charge is -2.31. The summed E-state index contributed by atoms with van der Waals surface area (Å²) in [6.07, 6.45) is 1.96. The fourth-order valence-electron chi connectivity index (χ4n) is 2.65. The van der Waals surface area contributed by atoms with Gasteiger partial charge in [-0.05, 0) is 29.5 Å². The molecule has 3 rings (SSSR count). The summed E-state index contributed by atoms with van der Waals surface area (Å²) in [4.78, 5) is 15.2. The zero-order chi connectivity index (χ0) is 14.7. The zero-order valence-electron chi connectivity index (χ0n) is 11.9. The molecule has 0 bridgehead atoms. The average Bonchev–Trinajstić information content (AvgIpc) is 2.93. The highest BCUT2D eigenvalue weighted by Gasteiger charge is 2.24. The number of anilines is 1. The number of tetrazole rings is 1. The van der Waals surface area contributed by atoms with Crippen LogP contribution in [0, 0.1) is 0 Å². The minimum absolute atomic E-state index is 0.158. The second-order valence-corrected chi connectivity index (χ2v) is 5.20. The summed E-state index contributed by atoms with van der Waals surface area (Å²) in [5.74, 6) is 0.776. The molecule has 2 amide bonds. The molecule has 0 saturated carbocycles. The van der Waals surface area contributed by atoms with Crippen LogP contribution in [0.15, 0.2) is 30.3 Å². The van der Waals surface area contributed by atoms with Gasteiger partial charge in [-0.25, -0.2) is 4.79 Å². The van der Waals surface area contributed by atoms with Crippen molar-refractivity contribution in [2.45, 2.75) is 18.8 Å². The molecule has 110 valence electrons. The molecule has 0 spiro atoms. The number of likely N-dealkylation sites (tertiary alicyclic amines) is 1. The molecular weight excluding hydrogens is 268 g/mol. The van der Waals surface area contributed by atoms with Crippen molar-refractivity contribution >= 4 is 12.0 Å². The highest BCUT2D eigenvalue weighted by molar-refractivity contribution is 5.87. The Balaban J connectivity index is 1.54. The Labute approximate surface area is 122 Å². The Kier molecular flexibility index (Phi) is 3.81. The van der Waals surface area contributed by atoms with E-state index in [1.165, 1.54) is 10.4 Å². The van der Waals surface area contributed by atoms with Gasteiger partial charge in [-0.1, -0.05) is 35.4 Å². The zero-order valence-corrected chi connectivity index (χ0v) is 11.9. The van der Waals surface area contributed by atoms with Gasteiger partial charge in [0, 0.05) is 13.1 Å². The fourth-order valence-corrected chi connectivity index (χ4v) is 2.65. The van der Waals surface area contributed by atoms with Crippen LogP contribution in [-0.2, 0) is 7.05 Å². The molecule has 2 heterocycles. The molecule has 7 nitrogen and oxygen atoms in total. The van der Waals surface area contributed by atoms with Crippen LogP contribution >= 0.6 is 0 Å². The van der Waals surface area contributed by atoms with Crippen LogP contribution in [0.25, 0.3) is 0 Å². The third kappa shape index (κ3) is 3.18. The summed E-state index contributed by atoms with van der Waals surface area (Å²) in [5.41, 5.74) is 1.35. The van der Waals surface area contributed by atoms with E-state index >= 15 is 0 Å². The molecular formula is C14H18N6O. The predicted molar refractivity (Wildman–Crippen MR) is 77.8 cm³/mol. The SMILES string of the molecule is Cn1nnc(NC(=O)N2CCC(c3ccccc3)CC2)n1. The van der Waals surface area contributed by atoms with E-state index < -0.39 is 0 Å². The molecule has 1 aliphatic heterocycles. The first-order valence-corrected chi connectivity index (χ1v) is 7.07. The summed E-state index contributed by atoms with van der Waals surface area (Å²) >= 11 is 0. The molecule has 21 heavy (non-hydrogen) atoms. The van der Waals surface area contributed by atoms with Crippen molar-refractivity contribution in [3.63, 3.8) is 0 Å². The number of benzene rings is 1. The number of urea groups is 1. The monoisotopic (exact) mass is 286 g/mol. The van der Waals surface area contributed by atoms with Crippen molar-refractivity contribution in [3.8, 4) is 0 Å². The lowest BCUT2D eigenvalue weighted by molar-refractivity contribution is 0.194. The first-order valence-electron chi connectivity index (χ1n) is 7.07. The van der Waals surface area contributed by atoms with Crippen LogP contribution in [-0.4, -0.2) is 44.2 Å². The molecule has 1 aliphatic rings. The molecule has 1 aromatic heterocycles.